The SMILES string of the molecule is Cc1ccc(NC(=O)C(C)N2CCCC(C(F)(F)F)C2)cc1S(=O)(=O)N1CCOCC1. The van der Waals surface area contributed by atoms with Crippen LogP contribution in [-0.4, -0.2) is 75.1 Å². The molecule has 2 fully saturated rings. The lowest BCUT2D eigenvalue weighted by Crippen LogP contribution is -2.49. The number of halogens is 3. The highest BCUT2D eigenvalue weighted by Gasteiger charge is 2.43. The molecule has 0 aliphatic carbocycles. The monoisotopic (exact) mass is 463 g/mol. The van der Waals surface area contributed by atoms with E-state index in [1.807, 2.05) is 0 Å². The zero-order valence-corrected chi connectivity index (χ0v) is 18.4. The van der Waals surface area contributed by atoms with E-state index in [1.165, 1.54) is 15.3 Å². The van der Waals surface area contributed by atoms with E-state index in [1.54, 1.807) is 26.0 Å². The summed E-state index contributed by atoms with van der Waals surface area (Å²) in [6, 6.07) is 3.83. The van der Waals surface area contributed by atoms with Crippen molar-refractivity contribution in [2.45, 2.75) is 43.8 Å². The van der Waals surface area contributed by atoms with E-state index in [0.717, 1.165) is 0 Å². The average Bonchev–Trinajstić information content (AvgIpc) is 2.74. The van der Waals surface area contributed by atoms with Crippen LogP contribution in [0, 0.1) is 12.8 Å². The van der Waals surface area contributed by atoms with Crippen molar-refractivity contribution >= 4 is 21.6 Å². The Labute approximate surface area is 180 Å². The molecule has 0 saturated carbocycles. The first-order valence-corrected chi connectivity index (χ1v) is 11.7. The Morgan fingerprint density at radius 1 is 1.23 bits per heavy atom. The Morgan fingerprint density at radius 2 is 1.90 bits per heavy atom. The van der Waals surface area contributed by atoms with Crippen molar-refractivity contribution in [2.24, 2.45) is 5.92 Å². The number of aryl methyl sites for hydroxylation is 1. The maximum Gasteiger partial charge on any atom is 0.393 e. The predicted molar refractivity (Wildman–Crippen MR) is 109 cm³/mol. The van der Waals surface area contributed by atoms with E-state index in [2.05, 4.69) is 5.32 Å². The number of carbonyl (C=O) groups is 1. The number of sulfonamides is 1. The lowest BCUT2D eigenvalue weighted by atomic mass is 9.96. The first-order valence-electron chi connectivity index (χ1n) is 10.3. The van der Waals surface area contributed by atoms with Gasteiger partial charge >= 0.3 is 6.18 Å². The van der Waals surface area contributed by atoms with Gasteiger partial charge in [0.05, 0.1) is 30.1 Å². The number of nitrogens with zero attached hydrogens (tertiary/aromatic N) is 2. The smallest absolute Gasteiger partial charge is 0.379 e. The fraction of sp³-hybridized carbons (Fsp3) is 0.650. The van der Waals surface area contributed by atoms with Crippen molar-refractivity contribution < 1.29 is 31.1 Å². The minimum absolute atomic E-state index is 0.0645. The Hall–Kier alpha value is -1.69. The Balaban J connectivity index is 1.72. The molecule has 3 rings (SSSR count). The van der Waals surface area contributed by atoms with Crippen molar-refractivity contribution in [1.29, 1.82) is 0 Å². The summed E-state index contributed by atoms with van der Waals surface area (Å²) in [5.41, 5.74) is 0.834. The van der Waals surface area contributed by atoms with Gasteiger partial charge in [-0.25, -0.2) is 8.42 Å². The molecule has 2 saturated heterocycles. The van der Waals surface area contributed by atoms with E-state index >= 15 is 0 Å². The van der Waals surface area contributed by atoms with Crippen molar-refractivity contribution in [3.8, 4) is 0 Å². The van der Waals surface area contributed by atoms with Crippen LogP contribution >= 0.6 is 0 Å². The van der Waals surface area contributed by atoms with Crippen molar-refractivity contribution in [3.63, 3.8) is 0 Å². The van der Waals surface area contributed by atoms with Crippen molar-refractivity contribution in [2.75, 3.05) is 44.7 Å². The van der Waals surface area contributed by atoms with Crippen LogP contribution in [0.2, 0.25) is 0 Å². The molecular weight excluding hydrogens is 435 g/mol. The maximum absolute atomic E-state index is 13.1. The standard InChI is InChI=1S/C20H28F3N3O4S/c1-14-5-6-17(12-18(14)31(28,29)26-8-10-30-11-9-26)24-19(27)15(2)25-7-3-4-16(13-25)20(21,22)23/h5-6,12,15-16H,3-4,7-11,13H2,1-2H3,(H,24,27). The second kappa shape index (κ2) is 9.43. The molecule has 0 spiro atoms. The van der Waals surface area contributed by atoms with Crippen LogP contribution < -0.4 is 5.32 Å². The van der Waals surface area contributed by atoms with Gasteiger partial charge in [0.25, 0.3) is 0 Å². The van der Waals surface area contributed by atoms with Crippen LogP contribution in [0.1, 0.15) is 25.3 Å². The van der Waals surface area contributed by atoms with Crippen molar-refractivity contribution in [3.05, 3.63) is 23.8 Å². The number of carbonyl (C=O) groups excluding carboxylic acids is 1. The number of morpholine rings is 1. The zero-order chi connectivity index (χ0) is 22.8. The molecule has 2 atom stereocenters. The van der Waals surface area contributed by atoms with Crippen LogP contribution in [0.4, 0.5) is 18.9 Å². The molecule has 1 amide bonds. The summed E-state index contributed by atoms with van der Waals surface area (Å²) in [7, 11) is -3.75. The lowest BCUT2D eigenvalue weighted by molar-refractivity contribution is -0.188. The van der Waals surface area contributed by atoms with E-state index in [4.69, 9.17) is 4.74 Å². The Bertz CT molecular complexity index is 901. The van der Waals surface area contributed by atoms with Gasteiger partial charge in [0.1, 0.15) is 0 Å². The average molecular weight is 464 g/mol. The molecule has 1 N–H and O–H groups in total. The van der Waals surface area contributed by atoms with Gasteiger partial charge in [-0.1, -0.05) is 6.07 Å². The third kappa shape index (κ3) is 5.57. The fourth-order valence-electron chi connectivity index (χ4n) is 3.92. The topological polar surface area (TPSA) is 79.0 Å². The third-order valence-electron chi connectivity index (χ3n) is 5.89. The van der Waals surface area contributed by atoms with Gasteiger partial charge in [0, 0.05) is 25.3 Å². The van der Waals surface area contributed by atoms with Crippen LogP contribution in [0.25, 0.3) is 0 Å². The van der Waals surface area contributed by atoms with E-state index in [9.17, 15) is 26.4 Å². The molecule has 0 radical (unpaired) electrons. The van der Waals surface area contributed by atoms with Gasteiger partial charge in [-0.3, -0.25) is 9.69 Å². The van der Waals surface area contributed by atoms with Gasteiger partial charge in [-0.15, -0.1) is 0 Å². The molecule has 0 aromatic heterocycles. The van der Waals surface area contributed by atoms with Gasteiger partial charge < -0.3 is 10.1 Å². The van der Waals surface area contributed by atoms with Crippen LogP contribution in [0.3, 0.4) is 0 Å². The molecule has 7 nitrogen and oxygen atoms in total. The lowest BCUT2D eigenvalue weighted by Gasteiger charge is -2.36. The van der Waals surface area contributed by atoms with Gasteiger partial charge in [0.15, 0.2) is 0 Å². The summed E-state index contributed by atoms with van der Waals surface area (Å²) in [5.74, 6) is -1.91. The summed E-state index contributed by atoms with van der Waals surface area (Å²) >= 11 is 0. The normalized spacial score (nSPS) is 22.8. The quantitative estimate of drug-likeness (QED) is 0.726. The molecule has 2 aliphatic heterocycles. The molecule has 2 unspecified atom stereocenters. The number of benzene rings is 1. The highest BCUT2D eigenvalue weighted by Crippen LogP contribution is 2.34. The number of hydrogen-bond donors (Lipinski definition) is 1. The largest absolute Gasteiger partial charge is 0.393 e. The highest BCUT2D eigenvalue weighted by atomic mass is 32.2. The number of piperidine rings is 1. The van der Waals surface area contributed by atoms with Crippen LogP contribution in [0.5, 0.6) is 0 Å². The number of rotatable bonds is 5. The number of ether oxygens (including phenoxy) is 1. The highest BCUT2D eigenvalue weighted by molar-refractivity contribution is 7.89. The summed E-state index contributed by atoms with van der Waals surface area (Å²) in [6.07, 6.45) is -3.85. The number of anilines is 1. The zero-order valence-electron chi connectivity index (χ0n) is 17.6. The first kappa shape index (κ1) is 24.0. The molecule has 1 aromatic rings. The van der Waals surface area contributed by atoms with E-state index < -0.39 is 34.1 Å². The number of hydrogen-bond acceptors (Lipinski definition) is 5. The molecule has 1 aromatic carbocycles. The molecule has 0 bridgehead atoms. The van der Waals surface area contributed by atoms with Crippen LogP contribution in [-0.2, 0) is 19.6 Å². The minimum atomic E-state index is -4.28. The molecular formula is C20H28F3N3O4S. The fourth-order valence-corrected chi connectivity index (χ4v) is 5.58. The van der Waals surface area contributed by atoms with Crippen LogP contribution in [0.15, 0.2) is 23.1 Å². The Kier molecular flexibility index (Phi) is 7.29. The van der Waals surface area contributed by atoms with Crippen molar-refractivity contribution in [1.82, 2.24) is 9.21 Å². The van der Waals surface area contributed by atoms with Gasteiger partial charge in [-0.05, 0) is 50.9 Å². The van der Waals surface area contributed by atoms with Gasteiger partial charge in [-0.2, -0.15) is 17.5 Å². The predicted octanol–water partition coefficient (Wildman–Crippen LogP) is 2.62. The first-order chi connectivity index (χ1) is 14.5. The number of likely N-dealkylation sites (tertiary alicyclic amines) is 1. The second-order valence-electron chi connectivity index (χ2n) is 8.04. The summed E-state index contributed by atoms with van der Waals surface area (Å²) in [5, 5.41) is 2.67. The maximum atomic E-state index is 13.1. The molecule has 31 heavy (non-hydrogen) atoms. The summed E-state index contributed by atoms with van der Waals surface area (Å²) in [6.45, 7) is 4.58. The number of amides is 1. The molecule has 2 aliphatic rings. The minimum Gasteiger partial charge on any atom is -0.379 e. The molecule has 11 heteroatoms. The molecule has 2 heterocycles. The van der Waals surface area contributed by atoms with E-state index in [0.29, 0.717) is 37.4 Å². The van der Waals surface area contributed by atoms with Gasteiger partial charge in [0.2, 0.25) is 15.9 Å². The van der Waals surface area contributed by atoms with E-state index in [-0.39, 0.29) is 31.0 Å². The number of alkyl halides is 3. The number of nitrogens with one attached hydrogen (secondary N) is 1. The second-order valence-corrected chi connectivity index (χ2v) is 9.94. The third-order valence-corrected chi connectivity index (χ3v) is 7.93. The summed E-state index contributed by atoms with van der Waals surface area (Å²) in [4.78, 5) is 14.3. The summed E-state index contributed by atoms with van der Waals surface area (Å²) < 4.78 is 71.8. The molecule has 174 valence electrons. The Morgan fingerprint density at radius 3 is 2.55 bits per heavy atom.